The normalized spacial score (nSPS) is 12.6. The monoisotopic (exact) mass is 606 g/mol. The summed E-state index contributed by atoms with van der Waals surface area (Å²) in [7, 11) is 0. The van der Waals surface area contributed by atoms with Gasteiger partial charge in [-0.05, 0) is 130 Å². The van der Waals surface area contributed by atoms with E-state index in [2.05, 4.69) is 0 Å². The lowest BCUT2D eigenvalue weighted by atomic mass is 9.67. The van der Waals surface area contributed by atoms with Crippen LogP contribution in [0, 0.1) is 0 Å². The minimum atomic E-state index is -1.10. The Bertz CT molecular complexity index is 2030. The first-order chi connectivity index (χ1) is 22.2. The van der Waals surface area contributed by atoms with Gasteiger partial charge in [-0.15, -0.1) is 0 Å². The average Bonchev–Trinajstić information content (AvgIpc) is 3.32. The van der Waals surface area contributed by atoms with Crippen molar-refractivity contribution in [1.29, 1.82) is 0 Å². The molecule has 0 amide bonds. The van der Waals surface area contributed by atoms with Crippen molar-refractivity contribution in [1.82, 2.24) is 0 Å². The van der Waals surface area contributed by atoms with Crippen LogP contribution in [0.1, 0.15) is 32.6 Å². The Labute approximate surface area is 265 Å². The lowest BCUT2D eigenvalue weighted by molar-refractivity contribution is 0.0698. The summed E-state index contributed by atoms with van der Waals surface area (Å²) in [6.45, 7) is 0. The Morgan fingerprint density at radius 2 is 1.02 bits per heavy atom. The quantitative estimate of drug-likeness (QED) is 0.116. The molecule has 0 bridgehead atoms. The molecule has 1 aliphatic carbocycles. The summed E-state index contributed by atoms with van der Waals surface area (Å²) in [6.07, 6.45) is 0. The van der Waals surface area contributed by atoms with Gasteiger partial charge in [-0.1, -0.05) is 30.3 Å². The lowest BCUT2D eigenvalue weighted by Crippen LogP contribution is -2.29. The second kappa shape index (κ2) is 10.9. The predicted molar refractivity (Wildman–Crippen MR) is 181 cm³/mol. The van der Waals surface area contributed by atoms with Gasteiger partial charge in [0, 0.05) is 22.7 Å². The van der Waals surface area contributed by atoms with Gasteiger partial charge < -0.3 is 37.5 Å². The topological polar surface area (TPSA) is 160 Å². The van der Waals surface area contributed by atoms with Crippen LogP contribution in [-0.2, 0) is 5.41 Å². The van der Waals surface area contributed by atoms with Crippen LogP contribution in [0.25, 0.3) is 11.1 Å². The third-order valence-corrected chi connectivity index (χ3v) is 8.33. The highest BCUT2D eigenvalue weighted by Gasteiger charge is 2.47. The van der Waals surface area contributed by atoms with Gasteiger partial charge in [-0.25, -0.2) is 4.79 Å². The Kier molecular flexibility index (Phi) is 6.75. The smallest absolute Gasteiger partial charge is 0.337 e. The second-order valence-electron chi connectivity index (χ2n) is 11.2. The highest BCUT2D eigenvalue weighted by molar-refractivity contribution is 5.99. The molecule has 0 heterocycles. The molecule has 8 heteroatoms. The third kappa shape index (κ3) is 4.78. The number of carboxylic acids is 1. The number of nitrogens with two attached hydrogens (primary N) is 4. The van der Waals surface area contributed by atoms with E-state index >= 15 is 0 Å². The van der Waals surface area contributed by atoms with E-state index in [-0.39, 0.29) is 11.3 Å². The minimum Gasteiger partial charge on any atom is -0.478 e. The van der Waals surface area contributed by atoms with Gasteiger partial charge in [-0.2, -0.15) is 0 Å². The fraction of sp³-hybridized carbons (Fsp3) is 0.0263. The molecule has 226 valence electrons. The van der Waals surface area contributed by atoms with Crippen LogP contribution in [0.2, 0.25) is 0 Å². The summed E-state index contributed by atoms with van der Waals surface area (Å²) in [6, 6.07) is 39.1. The summed E-state index contributed by atoms with van der Waals surface area (Å²) in [5, 5.41) is 9.99. The van der Waals surface area contributed by atoms with Crippen LogP contribution in [0.3, 0.4) is 0 Å². The maximum absolute atomic E-state index is 12.2. The first-order valence-electron chi connectivity index (χ1n) is 14.6. The van der Waals surface area contributed by atoms with Gasteiger partial charge in [0.25, 0.3) is 0 Å². The molecule has 0 saturated carbocycles. The van der Waals surface area contributed by atoms with Crippen molar-refractivity contribution in [2.24, 2.45) is 0 Å². The van der Waals surface area contributed by atoms with Gasteiger partial charge in [0.15, 0.2) is 0 Å². The molecule has 6 aromatic carbocycles. The van der Waals surface area contributed by atoms with E-state index in [1.54, 1.807) is 36.4 Å². The Hall–Kier alpha value is -6.41. The Morgan fingerprint density at radius 3 is 1.54 bits per heavy atom. The number of fused-ring (bicyclic) bond motifs is 3. The SMILES string of the molecule is Nc1ccc(Oc2cccc(C3(c4cccc(Oc5ccc(N)cc5)c4)c4cc(N)ccc4-c4cc(C(=O)O)c(N)cc43)c2)cc1. The number of ether oxygens (including phenoxy) is 2. The Morgan fingerprint density at radius 1 is 0.522 bits per heavy atom. The molecular weight excluding hydrogens is 576 g/mol. The molecule has 9 N–H and O–H groups in total. The molecule has 0 saturated heterocycles. The maximum atomic E-state index is 12.2. The van der Waals surface area contributed by atoms with Crippen LogP contribution in [0.15, 0.2) is 127 Å². The van der Waals surface area contributed by atoms with Crippen molar-refractivity contribution in [3.05, 3.63) is 155 Å². The summed E-state index contributed by atoms with van der Waals surface area (Å²) in [5.74, 6) is 1.36. The van der Waals surface area contributed by atoms with E-state index in [1.807, 2.05) is 91.0 Å². The van der Waals surface area contributed by atoms with Gasteiger partial charge in [0.2, 0.25) is 0 Å². The molecule has 0 radical (unpaired) electrons. The van der Waals surface area contributed by atoms with E-state index < -0.39 is 11.4 Å². The van der Waals surface area contributed by atoms with Gasteiger partial charge >= 0.3 is 5.97 Å². The van der Waals surface area contributed by atoms with Crippen molar-refractivity contribution in [2.75, 3.05) is 22.9 Å². The number of rotatable bonds is 7. The summed E-state index contributed by atoms with van der Waals surface area (Å²) < 4.78 is 12.6. The summed E-state index contributed by atoms with van der Waals surface area (Å²) in [4.78, 5) is 12.2. The minimum absolute atomic E-state index is 0.0261. The standard InChI is InChI=1S/C38H30N4O4/c39-24-7-12-27(13-8-24)45-29-5-1-3-22(17-29)38(23-4-2-6-30(18-23)46-28-14-9-25(40)10-15-28)34-19-26(41)11-16-31(34)32-20-33(37(43)44)36(42)21-35(32)38/h1-21H,39-42H2,(H,43,44). The molecule has 6 aromatic rings. The van der Waals surface area contributed by atoms with E-state index in [0.717, 1.165) is 33.4 Å². The van der Waals surface area contributed by atoms with Crippen LogP contribution < -0.4 is 32.4 Å². The predicted octanol–water partition coefficient (Wildman–Crippen LogP) is 7.66. The number of aromatic carboxylic acids is 1. The van der Waals surface area contributed by atoms with Crippen LogP contribution in [-0.4, -0.2) is 11.1 Å². The number of carboxylic acid groups (broad SMARTS) is 1. The van der Waals surface area contributed by atoms with Crippen molar-refractivity contribution in [3.63, 3.8) is 0 Å². The third-order valence-electron chi connectivity index (χ3n) is 8.33. The average molecular weight is 607 g/mol. The van der Waals surface area contributed by atoms with Crippen molar-refractivity contribution < 1.29 is 19.4 Å². The van der Waals surface area contributed by atoms with E-state index in [4.69, 9.17) is 32.4 Å². The van der Waals surface area contributed by atoms with Gasteiger partial charge in [0.05, 0.1) is 11.0 Å². The molecule has 1 aliphatic rings. The summed E-state index contributed by atoms with van der Waals surface area (Å²) >= 11 is 0. The van der Waals surface area contributed by atoms with Crippen molar-refractivity contribution in [2.45, 2.75) is 5.41 Å². The molecular formula is C38H30N4O4. The molecule has 7 rings (SSSR count). The maximum Gasteiger partial charge on any atom is 0.337 e. The zero-order valence-electron chi connectivity index (χ0n) is 24.6. The summed E-state index contributed by atoms with van der Waals surface area (Å²) in [5.41, 5.74) is 30.7. The number of benzene rings is 6. The highest BCUT2D eigenvalue weighted by atomic mass is 16.5. The van der Waals surface area contributed by atoms with Crippen LogP contribution >= 0.6 is 0 Å². The molecule has 46 heavy (non-hydrogen) atoms. The fourth-order valence-corrected chi connectivity index (χ4v) is 6.31. The van der Waals surface area contributed by atoms with Crippen molar-refractivity contribution >= 4 is 28.7 Å². The Balaban J connectivity index is 1.49. The number of anilines is 4. The zero-order valence-corrected chi connectivity index (χ0v) is 24.6. The van der Waals surface area contributed by atoms with E-state index in [0.29, 0.717) is 40.1 Å². The lowest BCUT2D eigenvalue weighted by Gasteiger charge is -2.34. The van der Waals surface area contributed by atoms with Crippen LogP contribution in [0.5, 0.6) is 23.0 Å². The molecule has 0 unspecified atom stereocenters. The number of carbonyl (C=O) groups is 1. The largest absolute Gasteiger partial charge is 0.478 e. The molecule has 0 aromatic heterocycles. The number of nitrogen functional groups attached to an aromatic ring is 4. The number of hydrogen-bond donors (Lipinski definition) is 5. The molecule has 0 spiro atoms. The molecule has 8 nitrogen and oxygen atoms in total. The van der Waals surface area contributed by atoms with E-state index in [9.17, 15) is 9.90 Å². The first-order valence-corrected chi connectivity index (χ1v) is 14.6. The highest BCUT2D eigenvalue weighted by Crippen LogP contribution is 2.58. The zero-order chi connectivity index (χ0) is 32.0. The van der Waals surface area contributed by atoms with Gasteiger partial charge in [-0.3, -0.25) is 0 Å². The van der Waals surface area contributed by atoms with Crippen LogP contribution in [0.4, 0.5) is 22.7 Å². The van der Waals surface area contributed by atoms with Crippen molar-refractivity contribution in [3.8, 4) is 34.1 Å². The molecule has 0 fully saturated rings. The number of hydrogen-bond acceptors (Lipinski definition) is 7. The molecule has 0 atom stereocenters. The molecule has 0 aliphatic heterocycles. The van der Waals surface area contributed by atoms with E-state index in [1.165, 1.54) is 0 Å². The fourth-order valence-electron chi connectivity index (χ4n) is 6.31. The first kappa shape index (κ1) is 28.4. The second-order valence-corrected chi connectivity index (χ2v) is 11.2. The van der Waals surface area contributed by atoms with Gasteiger partial charge in [0.1, 0.15) is 23.0 Å².